The van der Waals surface area contributed by atoms with Gasteiger partial charge in [-0.3, -0.25) is 0 Å². The minimum absolute atomic E-state index is 0.718. The fourth-order valence-electron chi connectivity index (χ4n) is 5.06. The van der Waals surface area contributed by atoms with Crippen molar-refractivity contribution >= 4 is 22.1 Å². The van der Waals surface area contributed by atoms with E-state index < -0.39 is 0 Å². The van der Waals surface area contributed by atoms with Crippen LogP contribution in [0.15, 0.2) is 40.9 Å². The van der Waals surface area contributed by atoms with Crippen molar-refractivity contribution in [3.63, 3.8) is 0 Å². The van der Waals surface area contributed by atoms with Crippen LogP contribution in [-0.2, 0) is 13.5 Å². The second-order valence-electron chi connectivity index (χ2n) is 8.63. The van der Waals surface area contributed by atoms with E-state index in [0.717, 1.165) is 40.1 Å². The van der Waals surface area contributed by atoms with Crippen molar-refractivity contribution in [1.82, 2.24) is 4.98 Å². The van der Waals surface area contributed by atoms with Gasteiger partial charge in [-0.2, -0.15) is 0 Å². The molecule has 148 valence electrons. The highest BCUT2D eigenvalue weighted by Gasteiger charge is 2.26. The molecule has 1 saturated carbocycles. The molecule has 1 aliphatic rings. The van der Waals surface area contributed by atoms with Gasteiger partial charge in [-0.05, 0) is 62.3 Å². The second kappa shape index (κ2) is 6.98. The Kier molecular flexibility index (Phi) is 4.42. The smallest absolute Gasteiger partial charge is 0.227 e. The quantitative estimate of drug-likeness (QED) is 0.387. The van der Waals surface area contributed by atoms with Gasteiger partial charge in [-0.1, -0.05) is 31.9 Å². The third-order valence-corrected chi connectivity index (χ3v) is 6.71. The normalized spacial score (nSPS) is 15.0. The number of pyridine rings is 2. The number of aromatic nitrogens is 2. The maximum atomic E-state index is 6.36. The van der Waals surface area contributed by atoms with Crippen LogP contribution in [0.25, 0.3) is 33.3 Å². The topological polar surface area (TPSA) is 29.9 Å². The molecule has 0 saturated heterocycles. The molecule has 3 nitrogen and oxygen atoms in total. The molecule has 1 fully saturated rings. The van der Waals surface area contributed by atoms with Crippen molar-refractivity contribution < 1.29 is 8.98 Å². The van der Waals surface area contributed by atoms with Gasteiger partial charge >= 0.3 is 0 Å². The van der Waals surface area contributed by atoms with E-state index in [4.69, 9.17) is 9.40 Å². The fourth-order valence-corrected chi connectivity index (χ4v) is 5.06. The summed E-state index contributed by atoms with van der Waals surface area (Å²) in [4.78, 5) is 4.73. The summed E-state index contributed by atoms with van der Waals surface area (Å²) in [5.41, 5.74) is 9.29. The van der Waals surface area contributed by atoms with Crippen molar-refractivity contribution in [2.45, 2.75) is 58.8 Å². The predicted molar refractivity (Wildman–Crippen MR) is 118 cm³/mol. The van der Waals surface area contributed by atoms with Crippen molar-refractivity contribution in [3.8, 4) is 11.3 Å². The van der Waals surface area contributed by atoms with Crippen LogP contribution in [0.4, 0.5) is 0 Å². The maximum Gasteiger partial charge on any atom is 0.227 e. The summed E-state index contributed by atoms with van der Waals surface area (Å²) >= 11 is 0. The molecule has 3 heterocycles. The van der Waals surface area contributed by atoms with Crippen LogP contribution in [0.5, 0.6) is 0 Å². The average Bonchev–Trinajstić information content (AvgIpc) is 3.37. The lowest BCUT2D eigenvalue weighted by atomic mass is 9.93. The summed E-state index contributed by atoms with van der Waals surface area (Å²) in [6.45, 7) is 6.56. The molecule has 1 aromatic carbocycles. The van der Waals surface area contributed by atoms with Gasteiger partial charge in [0, 0.05) is 28.1 Å². The van der Waals surface area contributed by atoms with Crippen LogP contribution < -0.4 is 4.57 Å². The van der Waals surface area contributed by atoms with Gasteiger partial charge in [0.05, 0.1) is 5.56 Å². The standard InChI is InChI=1S/C26H29N2O/c1-5-19-11-13-21-20-12-10-16(2)24(25(20)29-26(21)27-19)23-14-17(3)22(15-28(23)4)18-8-6-7-9-18/h10-15,18H,5-9H2,1-4H3/q+1. The van der Waals surface area contributed by atoms with E-state index in [9.17, 15) is 0 Å². The van der Waals surface area contributed by atoms with E-state index in [2.05, 4.69) is 68.9 Å². The van der Waals surface area contributed by atoms with E-state index in [1.165, 1.54) is 53.6 Å². The number of nitrogens with zero attached hydrogens (tertiary/aromatic N) is 2. The van der Waals surface area contributed by atoms with Gasteiger partial charge < -0.3 is 4.42 Å². The van der Waals surface area contributed by atoms with Crippen LogP contribution >= 0.6 is 0 Å². The average molecular weight is 386 g/mol. The van der Waals surface area contributed by atoms with Crippen LogP contribution in [-0.4, -0.2) is 4.98 Å². The van der Waals surface area contributed by atoms with Gasteiger partial charge in [-0.25, -0.2) is 9.55 Å². The summed E-state index contributed by atoms with van der Waals surface area (Å²) in [6.07, 6.45) is 8.64. The largest absolute Gasteiger partial charge is 0.437 e. The lowest BCUT2D eigenvalue weighted by Gasteiger charge is -2.13. The van der Waals surface area contributed by atoms with Crippen molar-refractivity contribution in [1.29, 1.82) is 0 Å². The zero-order valence-corrected chi connectivity index (χ0v) is 17.9. The summed E-state index contributed by atoms with van der Waals surface area (Å²) in [5, 5.41) is 2.24. The molecule has 0 N–H and O–H groups in total. The SMILES string of the molecule is CCc1ccc2c(n1)oc1c(-c3cc(C)c(C4CCCC4)c[n+]3C)c(C)ccc12. The first-order valence-electron chi connectivity index (χ1n) is 10.9. The van der Waals surface area contributed by atoms with Gasteiger partial charge in [-0.15, -0.1) is 0 Å². The molecule has 5 rings (SSSR count). The van der Waals surface area contributed by atoms with E-state index in [1.807, 2.05) is 0 Å². The molecule has 1 aliphatic carbocycles. The van der Waals surface area contributed by atoms with Gasteiger partial charge in [0.2, 0.25) is 11.4 Å². The summed E-state index contributed by atoms with van der Waals surface area (Å²) in [5.74, 6) is 0.718. The van der Waals surface area contributed by atoms with Crippen molar-refractivity contribution in [2.75, 3.05) is 0 Å². The lowest BCUT2D eigenvalue weighted by Crippen LogP contribution is -2.32. The Balaban J connectivity index is 1.74. The Morgan fingerprint density at radius 1 is 1.03 bits per heavy atom. The first kappa shape index (κ1) is 18.4. The van der Waals surface area contributed by atoms with Crippen LogP contribution in [0.3, 0.4) is 0 Å². The Morgan fingerprint density at radius 2 is 1.79 bits per heavy atom. The molecule has 0 bridgehead atoms. The molecule has 3 heteroatoms. The molecule has 0 unspecified atom stereocenters. The molecule has 0 atom stereocenters. The number of benzene rings is 1. The monoisotopic (exact) mass is 385 g/mol. The Labute approximate surface area is 172 Å². The number of aryl methyl sites for hydroxylation is 4. The zero-order chi connectivity index (χ0) is 20.1. The minimum Gasteiger partial charge on any atom is -0.437 e. The molecule has 4 aromatic rings. The van der Waals surface area contributed by atoms with Gasteiger partial charge in [0.1, 0.15) is 7.05 Å². The predicted octanol–water partition coefficient (Wildman–Crippen LogP) is 6.31. The first-order valence-corrected chi connectivity index (χ1v) is 10.9. The van der Waals surface area contributed by atoms with E-state index >= 15 is 0 Å². The Hall–Kier alpha value is -2.68. The van der Waals surface area contributed by atoms with Crippen LogP contribution in [0, 0.1) is 13.8 Å². The zero-order valence-electron chi connectivity index (χ0n) is 17.9. The highest BCUT2D eigenvalue weighted by atomic mass is 16.3. The van der Waals surface area contributed by atoms with Crippen LogP contribution in [0.2, 0.25) is 0 Å². The lowest BCUT2D eigenvalue weighted by molar-refractivity contribution is -0.660. The first-order chi connectivity index (χ1) is 14.1. The number of hydrogen-bond acceptors (Lipinski definition) is 2. The fraction of sp³-hybridized carbons (Fsp3) is 0.385. The summed E-state index contributed by atoms with van der Waals surface area (Å²) in [6, 6.07) is 11.0. The third-order valence-electron chi connectivity index (χ3n) is 6.71. The third kappa shape index (κ3) is 2.95. The van der Waals surface area contributed by atoms with Gasteiger partial charge in [0.15, 0.2) is 11.8 Å². The Morgan fingerprint density at radius 3 is 2.55 bits per heavy atom. The number of rotatable bonds is 3. The molecule has 29 heavy (non-hydrogen) atoms. The Bertz CT molecular complexity index is 1230. The van der Waals surface area contributed by atoms with E-state index in [1.54, 1.807) is 0 Å². The summed E-state index contributed by atoms with van der Waals surface area (Å²) < 4.78 is 8.65. The molecular formula is C26H29N2O+. The van der Waals surface area contributed by atoms with Crippen LogP contribution in [0.1, 0.15) is 60.9 Å². The molecule has 3 aromatic heterocycles. The van der Waals surface area contributed by atoms with Crippen molar-refractivity contribution in [3.05, 3.63) is 58.9 Å². The highest BCUT2D eigenvalue weighted by Crippen LogP contribution is 2.39. The van der Waals surface area contributed by atoms with Crippen molar-refractivity contribution in [2.24, 2.45) is 7.05 Å². The number of hydrogen-bond donors (Lipinski definition) is 0. The van der Waals surface area contributed by atoms with E-state index in [0.29, 0.717) is 0 Å². The number of furan rings is 1. The van der Waals surface area contributed by atoms with E-state index in [-0.39, 0.29) is 0 Å². The molecule has 0 amide bonds. The molecule has 0 spiro atoms. The molecule has 0 radical (unpaired) electrons. The molecule has 0 aliphatic heterocycles. The second-order valence-corrected chi connectivity index (χ2v) is 8.63. The van der Waals surface area contributed by atoms with Gasteiger partial charge in [0.25, 0.3) is 0 Å². The maximum absolute atomic E-state index is 6.36. The number of fused-ring (bicyclic) bond motifs is 3. The highest BCUT2D eigenvalue weighted by molar-refractivity contribution is 6.08. The minimum atomic E-state index is 0.718. The molecular weight excluding hydrogens is 356 g/mol. The summed E-state index contributed by atoms with van der Waals surface area (Å²) in [7, 11) is 2.17.